The molecule has 0 fully saturated rings. The molecule has 1 unspecified atom stereocenters. The van der Waals surface area contributed by atoms with Crippen molar-refractivity contribution in [1.29, 1.82) is 0 Å². The first kappa shape index (κ1) is 15.9. The SMILES string of the molecule is CC(NC(=O)c1cn(Cc2ccccc2)nn1)c1ccc(F)cc1. The number of aromatic nitrogens is 3. The van der Waals surface area contributed by atoms with Crippen LogP contribution in [-0.4, -0.2) is 20.9 Å². The molecule has 6 heteroatoms. The van der Waals surface area contributed by atoms with Crippen LogP contribution in [0.4, 0.5) is 4.39 Å². The number of rotatable bonds is 5. The van der Waals surface area contributed by atoms with Crippen LogP contribution in [0.1, 0.15) is 34.6 Å². The van der Waals surface area contributed by atoms with Crippen molar-refractivity contribution < 1.29 is 9.18 Å². The van der Waals surface area contributed by atoms with Gasteiger partial charge < -0.3 is 5.32 Å². The van der Waals surface area contributed by atoms with Crippen LogP contribution in [0.5, 0.6) is 0 Å². The summed E-state index contributed by atoms with van der Waals surface area (Å²) in [5, 5.41) is 10.7. The molecule has 1 atom stereocenters. The second kappa shape index (κ2) is 7.04. The number of nitrogens with one attached hydrogen (secondary N) is 1. The Bertz CT molecular complexity index is 815. The Hall–Kier alpha value is -3.02. The molecule has 0 saturated carbocycles. The van der Waals surface area contributed by atoms with Crippen molar-refractivity contribution in [2.24, 2.45) is 0 Å². The highest BCUT2D eigenvalue weighted by Gasteiger charge is 2.15. The summed E-state index contributed by atoms with van der Waals surface area (Å²) in [5.74, 6) is -0.618. The van der Waals surface area contributed by atoms with E-state index >= 15 is 0 Å². The third-order valence-electron chi connectivity index (χ3n) is 3.68. The van der Waals surface area contributed by atoms with E-state index in [2.05, 4.69) is 15.6 Å². The summed E-state index contributed by atoms with van der Waals surface area (Å²) >= 11 is 0. The van der Waals surface area contributed by atoms with Gasteiger partial charge in [-0.2, -0.15) is 0 Å². The summed E-state index contributed by atoms with van der Waals surface area (Å²) in [6.45, 7) is 2.38. The summed E-state index contributed by atoms with van der Waals surface area (Å²) in [5.41, 5.74) is 2.15. The monoisotopic (exact) mass is 324 g/mol. The first-order valence-electron chi connectivity index (χ1n) is 7.62. The van der Waals surface area contributed by atoms with Crippen LogP contribution in [0, 0.1) is 5.82 Å². The van der Waals surface area contributed by atoms with Crippen molar-refractivity contribution in [2.45, 2.75) is 19.5 Å². The maximum atomic E-state index is 13.0. The van der Waals surface area contributed by atoms with Crippen LogP contribution in [0.15, 0.2) is 60.8 Å². The van der Waals surface area contributed by atoms with Crippen LogP contribution in [0.25, 0.3) is 0 Å². The van der Waals surface area contributed by atoms with E-state index in [-0.39, 0.29) is 23.5 Å². The minimum atomic E-state index is -0.314. The van der Waals surface area contributed by atoms with Gasteiger partial charge in [0.15, 0.2) is 5.69 Å². The lowest BCUT2D eigenvalue weighted by molar-refractivity contribution is 0.0934. The molecule has 1 heterocycles. The highest BCUT2D eigenvalue weighted by atomic mass is 19.1. The van der Waals surface area contributed by atoms with Gasteiger partial charge in [0.25, 0.3) is 5.91 Å². The fourth-order valence-corrected chi connectivity index (χ4v) is 2.36. The van der Waals surface area contributed by atoms with Crippen LogP contribution >= 0.6 is 0 Å². The maximum absolute atomic E-state index is 13.0. The number of nitrogens with zero attached hydrogens (tertiary/aromatic N) is 3. The summed E-state index contributed by atoms with van der Waals surface area (Å²) in [4.78, 5) is 12.3. The van der Waals surface area contributed by atoms with E-state index in [4.69, 9.17) is 0 Å². The van der Waals surface area contributed by atoms with Crippen LogP contribution < -0.4 is 5.32 Å². The Morgan fingerprint density at radius 2 is 1.88 bits per heavy atom. The van der Waals surface area contributed by atoms with Crippen LogP contribution in [0.2, 0.25) is 0 Å². The lowest BCUT2D eigenvalue weighted by atomic mass is 10.1. The van der Waals surface area contributed by atoms with Gasteiger partial charge in [-0.1, -0.05) is 47.7 Å². The zero-order valence-corrected chi connectivity index (χ0v) is 13.2. The number of hydrogen-bond acceptors (Lipinski definition) is 3. The second-order valence-electron chi connectivity index (χ2n) is 5.53. The van der Waals surface area contributed by atoms with Crippen LogP contribution in [0.3, 0.4) is 0 Å². The third kappa shape index (κ3) is 3.84. The molecule has 3 rings (SSSR count). The normalized spacial score (nSPS) is 11.9. The van der Waals surface area contributed by atoms with Crippen molar-refractivity contribution >= 4 is 5.91 Å². The van der Waals surface area contributed by atoms with Crippen molar-refractivity contribution in [1.82, 2.24) is 20.3 Å². The summed E-state index contributed by atoms with van der Waals surface area (Å²) < 4.78 is 14.6. The molecule has 0 aliphatic heterocycles. The van der Waals surface area contributed by atoms with Gasteiger partial charge in [-0.3, -0.25) is 4.79 Å². The minimum Gasteiger partial charge on any atom is -0.344 e. The summed E-state index contributed by atoms with van der Waals surface area (Å²) in [6, 6.07) is 15.6. The molecule has 0 aliphatic rings. The highest BCUT2D eigenvalue weighted by molar-refractivity contribution is 5.92. The van der Waals surface area contributed by atoms with Gasteiger partial charge in [-0.25, -0.2) is 9.07 Å². The molecule has 2 aromatic carbocycles. The van der Waals surface area contributed by atoms with Gasteiger partial charge in [0.1, 0.15) is 5.82 Å². The number of amides is 1. The van der Waals surface area contributed by atoms with Crippen molar-refractivity contribution in [3.63, 3.8) is 0 Å². The smallest absolute Gasteiger partial charge is 0.273 e. The Morgan fingerprint density at radius 1 is 1.17 bits per heavy atom. The fourth-order valence-electron chi connectivity index (χ4n) is 2.36. The number of benzene rings is 2. The maximum Gasteiger partial charge on any atom is 0.273 e. The number of hydrogen-bond donors (Lipinski definition) is 1. The Morgan fingerprint density at radius 3 is 2.58 bits per heavy atom. The number of halogens is 1. The average Bonchev–Trinajstić information content (AvgIpc) is 3.05. The Kier molecular flexibility index (Phi) is 4.65. The molecule has 122 valence electrons. The lowest BCUT2D eigenvalue weighted by Crippen LogP contribution is -2.27. The molecule has 5 nitrogen and oxygen atoms in total. The minimum absolute atomic E-state index is 0.250. The molecular weight excluding hydrogens is 307 g/mol. The summed E-state index contributed by atoms with van der Waals surface area (Å²) in [6.07, 6.45) is 1.61. The zero-order chi connectivity index (χ0) is 16.9. The first-order chi connectivity index (χ1) is 11.6. The van der Waals surface area contributed by atoms with Gasteiger partial charge in [0, 0.05) is 0 Å². The van der Waals surface area contributed by atoms with Crippen molar-refractivity contribution in [3.05, 3.63) is 83.4 Å². The van der Waals surface area contributed by atoms with Crippen LogP contribution in [-0.2, 0) is 6.54 Å². The summed E-state index contributed by atoms with van der Waals surface area (Å²) in [7, 11) is 0. The van der Waals surface area contributed by atoms with Gasteiger partial charge >= 0.3 is 0 Å². The number of carbonyl (C=O) groups excluding carboxylic acids is 1. The van der Waals surface area contributed by atoms with E-state index in [0.717, 1.165) is 11.1 Å². The fraction of sp³-hybridized carbons (Fsp3) is 0.167. The molecule has 0 bridgehead atoms. The second-order valence-corrected chi connectivity index (χ2v) is 5.53. The van der Waals surface area contributed by atoms with E-state index in [1.165, 1.54) is 12.1 Å². The van der Waals surface area contributed by atoms with E-state index in [1.54, 1.807) is 23.0 Å². The van der Waals surface area contributed by atoms with E-state index < -0.39 is 0 Å². The Balaban J connectivity index is 1.64. The van der Waals surface area contributed by atoms with Crippen molar-refractivity contribution in [3.8, 4) is 0 Å². The molecule has 1 N–H and O–H groups in total. The molecule has 1 aromatic heterocycles. The van der Waals surface area contributed by atoms with Gasteiger partial charge in [-0.05, 0) is 30.2 Å². The van der Waals surface area contributed by atoms with Crippen molar-refractivity contribution in [2.75, 3.05) is 0 Å². The average molecular weight is 324 g/mol. The quantitative estimate of drug-likeness (QED) is 0.785. The largest absolute Gasteiger partial charge is 0.344 e. The van der Waals surface area contributed by atoms with Gasteiger partial charge in [0.05, 0.1) is 18.8 Å². The predicted molar refractivity (Wildman–Crippen MR) is 87.8 cm³/mol. The standard InChI is InChI=1S/C18H17FN4O/c1-13(15-7-9-16(19)10-8-15)20-18(24)17-12-23(22-21-17)11-14-5-3-2-4-6-14/h2-10,12-13H,11H2,1H3,(H,20,24). The number of carbonyl (C=O) groups is 1. The predicted octanol–water partition coefficient (Wildman–Crippen LogP) is 2.96. The molecule has 3 aromatic rings. The third-order valence-corrected chi connectivity index (χ3v) is 3.68. The van der Waals surface area contributed by atoms with E-state index in [9.17, 15) is 9.18 Å². The highest BCUT2D eigenvalue weighted by Crippen LogP contribution is 2.13. The molecular formula is C18H17FN4O. The zero-order valence-electron chi connectivity index (χ0n) is 13.2. The molecule has 24 heavy (non-hydrogen) atoms. The van der Waals surface area contributed by atoms with E-state index in [0.29, 0.717) is 6.54 Å². The molecule has 0 spiro atoms. The van der Waals surface area contributed by atoms with Gasteiger partial charge in [-0.15, -0.1) is 5.10 Å². The molecule has 0 radical (unpaired) electrons. The first-order valence-corrected chi connectivity index (χ1v) is 7.62. The molecule has 0 saturated heterocycles. The molecule has 1 amide bonds. The lowest BCUT2D eigenvalue weighted by Gasteiger charge is -2.13. The molecule has 0 aliphatic carbocycles. The Labute approximate surface area is 139 Å². The topological polar surface area (TPSA) is 59.8 Å². The van der Waals surface area contributed by atoms with E-state index in [1.807, 2.05) is 37.3 Å². The van der Waals surface area contributed by atoms with Gasteiger partial charge in [0.2, 0.25) is 0 Å².